The number of nitrogens with zero attached hydrogens (tertiary/aromatic N) is 1. The van der Waals surface area contributed by atoms with Gasteiger partial charge in [-0.2, -0.15) is 0 Å². The van der Waals surface area contributed by atoms with E-state index in [1.54, 1.807) is 29.0 Å². The first kappa shape index (κ1) is 21.6. The van der Waals surface area contributed by atoms with Gasteiger partial charge in [0.1, 0.15) is 5.82 Å². The van der Waals surface area contributed by atoms with Crippen molar-refractivity contribution < 1.29 is 24.5 Å². The Morgan fingerprint density at radius 3 is 2.71 bits per heavy atom. The SMILES string of the molecule is O=C(O)/C=C1/CN(C(c2ccccc2F)C(O)C2CC2)CCC1SSCCO. The molecule has 1 saturated heterocycles. The summed E-state index contributed by atoms with van der Waals surface area (Å²) < 4.78 is 14.6. The third kappa shape index (κ3) is 5.51. The predicted molar refractivity (Wildman–Crippen MR) is 111 cm³/mol. The van der Waals surface area contributed by atoms with E-state index in [1.165, 1.54) is 22.9 Å². The standard InChI is InChI=1S/C20H26FNO4S2/c21-16-4-2-1-3-15(16)19(20(26)13-5-6-13)22-8-7-17(28-27-10-9-23)14(12-22)11-18(24)25/h1-4,11,13,17,19-20,23,26H,5-10,12H2,(H,24,25)/b14-11-. The molecule has 3 atom stereocenters. The molecule has 3 rings (SSSR count). The quantitative estimate of drug-likeness (QED) is 0.317. The third-order valence-corrected chi connectivity index (χ3v) is 8.05. The van der Waals surface area contributed by atoms with Crippen LogP contribution in [-0.2, 0) is 4.79 Å². The predicted octanol–water partition coefficient (Wildman–Crippen LogP) is 3.10. The number of carboxylic acid groups (broad SMARTS) is 1. The molecule has 8 heteroatoms. The van der Waals surface area contributed by atoms with Crippen molar-refractivity contribution in [3.63, 3.8) is 0 Å². The van der Waals surface area contributed by atoms with Crippen molar-refractivity contribution in [1.29, 1.82) is 0 Å². The maximum absolute atomic E-state index is 14.6. The van der Waals surface area contributed by atoms with E-state index >= 15 is 0 Å². The first-order chi connectivity index (χ1) is 13.5. The first-order valence-electron chi connectivity index (χ1n) is 9.50. The number of piperidine rings is 1. The number of carboxylic acids is 1. The molecule has 3 unspecified atom stereocenters. The Hall–Kier alpha value is -1.06. The van der Waals surface area contributed by atoms with Crippen molar-refractivity contribution in [3.05, 3.63) is 47.3 Å². The van der Waals surface area contributed by atoms with E-state index in [-0.39, 0.29) is 23.6 Å². The molecule has 1 aliphatic carbocycles. The molecule has 0 bridgehead atoms. The number of hydrogen-bond donors (Lipinski definition) is 3. The summed E-state index contributed by atoms with van der Waals surface area (Å²) in [6.07, 6.45) is 3.16. The zero-order valence-corrected chi connectivity index (χ0v) is 17.2. The van der Waals surface area contributed by atoms with Crippen LogP contribution in [-0.4, -0.2) is 63.0 Å². The van der Waals surface area contributed by atoms with Crippen LogP contribution in [0.2, 0.25) is 0 Å². The average Bonchev–Trinajstić information content (AvgIpc) is 3.50. The van der Waals surface area contributed by atoms with Crippen molar-refractivity contribution in [2.45, 2.75) is 36.7 Å². The van der Waals surface area contributed by atoms with E-state index in [1.807, 2.05) is 4.90 Å². The second-order valence-electron chi connectivity index (χ2n) is 7.24. The van der Waals surface area contributed by atoms with Gasteiger partial charge in [-0.15, -0.1) is 0 Å². The molecule has 0 amide bonds. The van der Waals surface area contributed by atoms with E-state index in [0.29, 0.717) is 30.8 Å². The molecule has 5 nitrogen and oxygen atoms in total. The highest BCUT2D eigenvalue weighted by molar-refractivity contribution is 8.77. The minimum absolute atomic E-state index is 0.0308. The van der Waals surface area contributed by atoms with Crippen LogP contribution >= 0.6 is 21.6 Å². The molecular weight excluding hydrogens is 401 g/mol. The summed E-state index contributed by atoms with van der Waals surface area (Å²) in [7, 11) is 3.10. The molecule has 0 radical (unpaired) electrons. The van der Waals surface area contributed by atoms with Gasteiger partial charge >= 0.3 is 5.97 Å². The summed E-state index contributed by atoms with van der Waals surface area (Å²) >= 11 is 0. The second-order valence-corrected chi connectivity index (χ2v) is 9.93. The molecule has 3 N–H and O–H groups in total. The summed E-state index contributed by atoms with van der Waals surface area (Å²) in [6, 6.07) is 6.04. The summed E-state index contributed by atoms with van der Waals surface area (Å²) in [4.78, 5) is 13.4. The molecule has 2 fully saturated rings. The monoisotopic (exact) mass is 427 g/mol. The van der Waals surface area contributed by atoms with Crippen molar-refractivity contribution in [2.24, 2.45) is 5.92 Å². The van der Waals surface area contributed by atoms with Crippen molar-refractivity contribution >= 4 is 27.6 Å². The van der Waals surface area contributed by atoms with Crippen molar-refractivity contribution in [2.75, 3.05) is 25.4 Å². The van der Waals surface area contributed by atoms with Crippen LogP contribution in [0.4, 0.5) is 4.39 Å². The maximum Gasteiger partial charge on any atom is 0.328 e. The third-order valence-electron chi connectivity index (χ3n) is 5.19. The number of hydrogen-bond acceptors (Lipinski definition) is 6. The Balaban J connectivity index is 1.83. The summed E-state index contributed by atoms with van der Waals surface area (Å²) in [5.41, 5.74) is 1.23. The zero-order chi connectivity index (χ0) is 20.1. The normalized spacial score (nSPS) is 24.2. The Morgan fingerprint density at radius 2 is 2.07 bits per heavy atom. The highest BCUT2D eigenvalue weighted by atomic mass is 33.1. The summed E-state index contributed by atoms with van der Waals surface area (Å²) in [6.45, 7) is 1.11. The van der Waals surface area contributed by atoms with Crippen LogP contribution < -0.4 is 0 Å². The Kier molecular flexibility index (Phi) is 7.82. The van der Waals surface area contributed by atoms with Gasteiger partial charge in [-0.3, -0.25) is 4.90 Å². The first-order valence-corrected chi connectivity index (χ1v) is 11.9. The number of benzene rings is 1. The molecular formula is C20H26FNO4S2. The van der Waals surface area contributed by atoms with Gasteiger partial charge in [0.2, 0.25) is 0 Å². The lowest BCUT2D eigenvalue weighted by atomic mass is 9.92. The molecule has 154 valence electrons. The molecule has 1 saturated carbocycles. The maximum atomic E-state index is 14.6. The molecule has 1 aromatic rings. The van der Waals surface area contributed by atoms with Crippen molar-refractivity contribution in [1.82, 2.24) is 4.90 Å². The molecule has 1 heterocycles. The fraction of sp³-hybridized carbons (Fsp3) is 0.550. The Bertz CT molecular complexity index is 713. The van der Waals surface area contributed by atoms with Gasteiger partial charge in [-0.25, -0.2) is 9.18 Å². The summed E-state index contributed by atoms with van der Waals surface area (Å²) in [5, 5.41) is 29.2. The molecule has 1 aromatic carbocycles. The second kappa shape index (κ2) is 10.1. The summed E-state index contributed by atoms with van der Waals surface area (Å²) in [5.74, 6) is -0.585. The van der Waals surface area contributed by atoms with Gasteiger partial charge < -0.3 is 15.3 Å². The molecule has 28 heavy (non-hydrogen) atoms. The lowest BCUT2D eigenvalue weighted by Crippen LogP contribution is -2.44. The van der Waals surface area contributed by atoms with Gasteiger partial charge in [0.25, 0.3) is 0 Å². The fourth-order valence-electron chi connectivity index (χ4n) is 3.70. The zero-order valence-electron chi connectivity index (χ0n) is 15.5. The van der Waals surface area contributed by atoms with E-state index in [0.717, 1.165) is 18.4 Å². The van der Waals surface area contributed by atoms with Gasteiger partial charge in [-0.05, 0) is 36.8 Å². The number of aliphatic hydroxyl groups is 2. The highest BCUT2D eigenvalue weighted by Crippen LogP contribution is 2.44. The van der Waals surface area contributed by atoms with E-state index in [2.05, 4.69) is 0 Å². The minimum Gasteiger partial charge on any atom is -0.478 e. The smallest absolute Gasteiger partial charge is 0.328 e. The van der Waals surface area contributed by atoms with Gasteiger partial charge in [0.05, 0.1) is 18.8 Å². The van der Waals surface area contributed by atoms with Crippen molar-refractivity contribution in [3.8, 4) is 0 Å². The highest BCUT2D eigenvalue weighted by Gasteiger charge is 2.41. The van der Waals surface area contributed by atoms with Crippen LogP contribution in [0.1, 0.15) is 30.9 Å². The van der Waals surface area contributed by atoms with Crippen LogP contribution in [0.3, 0.4) is 0 Å². The number of aliphatic hydroxyl groups excluding tert-OH is 2. The van der Waals surface area contributed by atoms with Crippen LogP contribution in [0.15, 0.2) is 35.9 Å². The van der Waals surface area contributed by atoms with Gasteiger partial charge in [0.15, 0.2) is 0 Å². The number of carbonyl (C=O) groups is 1. The number of aliphatic carboxylic acids is 1. The average molecular weight is 428 g/mol. The fourth-order valence-corrected chi connectivity index (χ4v) is 6.17. The molecule has 1 aliphatic heterocycles. The lowest BCUT2D eigenvalue weighted by molar-refractivity contribution is -0.131. The molecule has 2 aliphatic rings. The van der Waals surface area contributed by atoms with Gasteiger partial charge in [-0.1, -0.05) is 39.8 Å². The van der Waals surface area contributed by atoms with Crippen LogP contribution in [0.25, 0.3) is 0 Å². The lowest BCUT2D eigenvalue weighted by Gasteiger charge is -2.41. The number of halogens is 1. The van der Waals surface area contributed by atoms with E-state index in [9.17, 15) is 19.4 Å². The number of rotatable bonds is 9. The minimum atomic E-state index is -1.00. The number of likely N-dealkylation sites (tertiary alicyclic amines) is 1. The topological polar surface area (TPSA) is 81.0 Å². The van der Waals surface area contributed by atoms with E-state index in [4.69, 9.17) is 5.11 Å². The van der Waals surface area contributed by atoms with E-state index < -0.39 is 18.1 Å². The van der Waals surface area contributed by atoms with Crippen LogP contribution in [0, 0.1) is 11.7 Å². The molecule has 0 aromatic heterocycles. The Labute approximate surface area is 172 Å². The largest absolute Gasteiger partial charge is 0.478 e. The van der Waals surface area contributed by atoms with Crippen LogP contribution in [0.5, 0.6) is 0 Å². The molecule has 0 spiro atoms. The Morgan fingerprint density at radius 1 is 1.32 bits per heavy atom. The van der Waals surface area contributed by atoms with Gasteiger partial charge in [0, 0.05) is 35.7 Å².